The van der Waals surface area contributed by atoms with E-state index in [9.17, 15) is 14.4 Å². The molecule has 1 aliphatic rings. The highest BCUT2D eigenvalue weighted by Crippen LogP contribution is 2.22. The number of imide groups is 1. The highest BCUT2D eigenvalue weighted by atomic mass is 16.2. The minimum Gasteiger partial charge on any atom is -0.356 e. The molecule has 0 aliphatic carbocycles. The van der Waals surface area contributed by atoms with Crippen LogP contribution < -0.4 is 10.6 Å². The summed E-state index contributed by atoms with van der Waals surface area (Å²) in [6.07, 6.45) is 1.40. The lowest BCUT2D eigenvalue weighted by molar-refractivity contribution is -0.124. The van der Waals surface area contributed by atoms with Crippen LogP contribution in [0.4, 0.5) is 0 Å². The number of hydrogen-bond acceptors (Lipinski definition) is 4. The summed E-state index contributed by atoms with van der Waals surface area (Å²) in [5.74, 6) is -0.508. The summed E-state index contributed by atoms with van der Waals surface area (Å²) in [7, 11) is 1.81. The number of rotatable bonds is 8. The average Bonchev–Trinajstić information content (AvgIpc) is 2.79. The number of nitrogens with zero attached hydrogens (tertiary/aromatic N) is 1. The van der Waals surface area contributed by atoms with Gasteiger partial charge in [-0.3, -0.25) is 19.3 Å². The summed E-state index contributed by atoms with van der Waals surface area (Å²) in [6, 6.07) is 6.88. The van der Waals surface area contributed by atoms with Crippen LogP contribution >= 0.6 is 0 Å². The van der Waals surface area contributed by atoms with E-state index in [1.807, 2.05) is 14.0 Å². The Hall–Kier alpha value is -2.21. The standard InChI is InChI=1S/C17H23N3O3/c1-12(11-18-2)15(21)19-9-5-6-10-20-16(22)13-7-3-4-8-14(13)17(20)23/h3-4,7-8,12,18H,5-6,9-11H2,1-2H3,(H,19,21). The molecule has 0 spiro atoms. The number of benzene rings is 1. The van der Waals surface area contributed by atoms with E-state index < -0.39 is 0 Å². The van der Waals surface area contributed by atoms with Gasteiger partial charge in [-0.2, -0.15) is 0 Å². The zero-order chi connectivity index (χ0) is 16.8. The second-order valence-corrected chi connectivity index (χ2v) is 5.76. The first kappa shape index (κ1) is 17.1. The first-order chi connectivity index (χ1) is 11.1. The molecule has 1 aliphatic heterocycles. The summed E-state index contributed by atoms with van der Waals surface area (Å²) < 4.78 is 0. The quantitative estimate of drug-likeness (QED) is 0.554. The van der Waals surface area contributed by atoms with Crippen LogP contribution in [0.1, 0.15) is 40.5 Å². The van der Waals surface area contributed by atoms with Crippen molar-refractivity contribution in [2.24, 2.45) is 5.92 Å². The van der Waals surface area contributed by atoms with Crippen molar-refractivity contribution in [2.45, 2.75) is 19.8 Å². The minimum atomic E-state index is -0.225. The molecule has 124 valence electrons. The first-order valence-corrected chi connectivity index (χ1v) is 7.93. The first-order valence-electron chi connectivity index (χ1n) is 7.93. The maximum absolute atomic E-state index is 12.2. The van der Waals surface area contributed by atoms with E-state index in [1.54, 1.807) is 24.3 Å². The Balaban J connectivity index is 1.73. The molecule has 6 heteroatoms. The molecule has 0 saturated heterocycles. The Bertz CT molecular complexity index is 566. The maximum Gasteiger partial charge on any atom is 0.261 e. The van der Waals surface area contributed by atoms with Crippen molar-refractivity contribution in [3.8, 4) is 0 Å². The third-order valence-corrected chi connectivity index (χ3v) is 3.94. The number of carbonyl (C=O) groups excluding carboxylic acids is 3. The van der Waals surface area contributed by atoms with Gasteiger partial charge in [0.25, 0.3) is 11.8 Å². The summed E-state index contributed by atoms with van der Waals surface area (Å²) in [4.78, 5) is 37.4. The molecule has 0 bridgehead atoms. The van der Waals surface area contributed by atoms with Gasteiger partial charge in [-0.1, -0.05) is 19.1 Å². The second kappa shape index (κ2) is 7.87. The van der Waals surface area contributed by atoms with Gasteiger partial charge in [0.05, 0.1) is 11.1 Å². The molecule has 3 amide bonds. The van der Waals surface area contributed by atoms with E-state index in [1.165, 1.54) is 4.90 Å². The van der Waals surface area contributed by atoms with Crippen LogP contribution in [0.25, 0.3) is 0 Å². The summed E-state index contributed by atoms with van der Waals surface area (Å²) in [5, 5.41) is 5.83. The van der Waals surface area contributed by atoms with Crippen LogP contribution in [0.3, 0.4) is 0 Å². The minimum absolute atomic E-state index is 0.0140. The van der Waals surface area contributed by atoms with Gasteiger partial charge in [0.1, 0.15) is 0 Å². The topological polar surface area (TPSA) is 78.5 Å². The Labute approximate surface area is 136 Å². The van der Waals surface area contributed by atoms with Crippen molar-refractivity contribution in [2.75, 3.05) is 26.7 Å². The summed E-state index contributed by atoms with van der Waals surface area (Å²) in [6.45, 7) is 3.44. The van der Waals surface area contributed by atoms with Crippen molar-refractivity contribution < 1.29 is 14.4 Å². The molecule has 1 atom stereocenters. The zero-order valence-electron chi connectivity index (χ0n) is 13.6. The van der Waals surface area contributed by atoms with Crippen LogP contribution in [0, 0.1) is 5.92 Å². The summed E-state index contributed by atoms with van der Waals surface area (Å²) in [5.41, 5.74) is 0.957. The number of unbranched alkanes of at least 4 members (excludes halogenated alkanes) is 1. The molecular formula is C17H23N3O3. The van der Waals surface area contributed by atoms with E-state index in [2.05, 4.69) is 10.6 Å². The largest absolute Gasteiger partial charge is 0.356 e. The van der Waals surface area contributed by atoms with Crippen LogP contribution in [0.15, 0.2) is 24.3 Å². The fourth-order valence-corrected chi connectivity index (χ4v) is 2.62. The zero-order valence-corrected chi connectivity index (χ0v) is 13.6. The van der Waals surface area contributed by atoms with Gasteiger partial charge in [-0.05, 0) is 32.0 Å². The Kier molecular flexibility index (Phi) is 5.87. The predicted molar refractivity (Wildman–Crippen MR) is 87.1 cm³/mol. The third-order valence-electron chi connectivity index (χ3n) is 3.94. The maximum atomic E-state index is 12.2. The van der Waals surface area contributed by atoms with Crippen molar-refractivity contribution in [3.05, 3.63) is 35.4 Å². The van der Waals surface area contributed by atoms with Crippen LogP contribution in [-0.2, 0) is 4.79 Å². The van der Waals surface area contributed by atoms with Crippen LogP contribution in [0.2, 0.25) is 0 Å². The summed E-state index contributed by atoms with van der Waals surface area (Å²) >= 11 is 0. The lowest BCUT2D eigenvalue weighted by atomic mass is 10.1. The van der Waals surface area contributed by atoms with E-state index >= 15 is 0 Å². The van der Waals surface area contributed by atoms with Gasteiger partial charge in [0.15, 0.2) is 0 Å². The normalized spacial score (nSPS) is 14.8. The molecule has 0 radical (unpaired) electrons. The number of carbonyl (C=O) groups is 3. The van der Waals surface area contributed by atoms with E-state index in [-0.39, 0.29) is 23.6 Å². The fourth-order valence-electron chi connectivity index (χ4n) is 2.62. The number of amides is 3. The lowest BCUT2D eigenvalue weighted by Crippen LogP contribution is -2.35. The molecular weight excluding hydrogens is 294 g/mol. The van der Waals surface area contributed by atoms with Gasteiger partial charge in [0.2, 0.25) is 5.91 Å². The molecule has 6 nitrogen and oxygen atoms in total. The number of fused-ring (bicyclic) bond motifs is 1. The third kappa shape index (κ3) is 3.96. The number of nitrogens with one attached hydrogen (secondary N) is 2. The van der Waals surface area contributed by atoms with E-state index in [4.69, 9.17) is 0 Å². The van der Waals surface area contributed by atoms with Gasteiger partial charge < -0.3 is 10.6 Å². The molecule has 2 N–H and O–H groups in total. The van der Waals surface area contributed by atoms with E-state index in [0.29, 0.717) is 37.2 Å². The monoisotopic (exact) mass is 317 g/mol. The Morgan fingerprint density at radius 2 is 1.74 bits per heavy atom. The average molecular weight is 317 g/mol. The van der Waals surface area contributed by atoms with Gasteiger partial charge in [-0.15, -0.1) is 0 Å². The van der Waals surface area contributed by atoms with E-state index in [0.717, 1.165) is 6.42 Å². The Morgan fingerprint density at radius 1 is 1.13 bits per heavy atom. The molecule has 1 heterocycles. The predicted octanol–water partition coefficient (Wildman–Crippen LogP) is 1.03. The number of hydrogen-bond donors (Lipinski definition) is 2. The van der Waals surface area contributed by atoms with Crippen molar-refractivity contribution >= 4 is 17.7 Å². The van der Waals surface area contributed by atoms with Crippen LogP contribution in [0.5, 0.6) is 0 Å². The SMILES string of the molecule is CNCC(C)C(=O)NCCCCN1C(=O)c2ccccc2C1=O. The van der Waals surface area contributed by atoms with Gasteiger partial charge >= 0.3 is 0 Å². The van der Waals surface area contributed by atoms with Gasteiger partial charge in [-0.25, -0.2) is 0 Å². The Morgan fingerprint density at radius 3 is 2.30 bits per heavy atom. The van der Waals surface area contributed by atoms with Crippen molar-refractivity contribution in [1.29, 1.82) is 0 Å². The molecule has 23 heavy (non-hydrogen) atoms. The molecule has 1 aromatic rings. The van der Waals surface area contributed by atoms with Gasteiger partial charge in [0, 0.05) is 25.6 Å². The molecule has 1 unspecified atom stereocenters. The van der Waals surface area contributed by atoms with Crippen molar-refractivity contribution in [3.63, 3.8) is 0 Å². The van der Waals surface area contributed by atoms with Crippen molar-refractivity contribution in [1.82, 2.24) is 15.5 Å². The molecule has 1 aromatic carbocycles. The molecule has 2 rings (SSSR count). The van der Waals surface area contributed by atoms with Crippen LogP contribution in [-0.4, -0.2) is 49.3 Å². The highest BCUT2D eigenvalue weighted by molar-refractivity contribution is 6.21. The fraction of sp³-hybridized carbons (Fsp3) is 0.471. The smallest absolute Gasteiger partial charge is 0.261 e. The highest BCUT2D eigenvalue weighted by Gasteiger charge is 2.34. The lowest BCUT2D eigenvalue weighted by Gasteiger charge is -2.14. The molecule has 0 aromatic heterocycles. The molecule has 0 saturated carbocycles. The molecule has 0 fully saturated rings. The second-order valence-electron chi connectivity index (χ2n) is 5.76.